The van der Waals surface area contributed by atoms with E-state index in [0.717, 1.165) is 5.41 Å². The van der Waals surface area contributed by atoms with Gasteiger partial charge < -0.3 is 19.1 Å². The molecule has 1 atom stereocenters. The Morgan fingerprint density at radius 2 is 1.64 bits per heavy atom. The molecule has 2 aromatic rings. The number of nitrogens with zero attached hydrogens (tertiary/aromatic N) is 1. The lowest BCUT2D eigenvalue weighted by molar-refractivity contribution is 0.0982. The summed E-state index contributed by atoms with van der Waals surface area (Å²) < 4.78 is 39.5. The summed E-state index contributed by atoms with van der Waals surface area (Å²) in [6.07, 6.45) is 1.53. The minimum absolute atomic E-state index is 0.169. The first-order valence-corrected chi connectivity index (χ1v) is 10.2. The fourth-order valence-electron chi connectivity index (χ4n) is 3.03. The van der Waals surface area contributed by atoms with Crippen LogP contribution in [0, 0.1) is 0 Å². The molecule has 0 bridgehead atoms. The number of anilines is 1. The largest absolute Gasteiger partial charge is 0.497 e. The number of carbonyl (C=O) groups excluding carboxylic acids is 1. The van der Waals surface area contributed by atoms with Crippen molar-refractivity contribution in [1.29, 1.82) is 0 Å². The van der Waals surface area contributed by atoms with E-state index in [4.69, 9.17) is 14.2 Å². The second kappa shape index (κ2) is 7.93. The number of methoxy groups -OCH3 is 3. The Kier molecular flexibility index (Phi) is 5.60. The maximum Gasteiger partial charge on any atom is 0.258 e. The number of ether oxygens (including phenoxy) is 3. The van der Waals surface area contributed by atoms with Crippen LogP contribution in [0.15, 0.2) is 53.9 Å². The number of amides is 1. The molecule has 148 valence electrons. The van der Waals surface area contributed by atoms with Gasteiger partial charge in [0, 0.05) is 16.7 Å². The van der Waals surface area contributed by atoms with Crippen molar-refractivity contribution in [3.8, 4) is 17.2 Å². The zero-order valence-corrected chi connectivity index (χ0v) is 16.6. The molecule has 3 rings (SSSR count). The molecule has 0 saturated heterocycles. The Labute approximate surface area is 164 Å². The van der Waals surface area contributed by atoms with Crippen molar-refractivity contribution in [2.75, 3.05) is 32.0 Å². The number of sulfone groups is 1. The molecule has 7 nitrogen and oxygen atoms in total. The van der Waals surface area contributed by atoms with Gasteiger partial charge in [0.2, 0.25) is 0 Å². The molecular formula is C20H21NO6S. The smallest absolute Gasteiger partial charge is 0.258 e. The summed E-state index contributed by atoms with van der Waals surface area (Å²) in [5, 5.41) is 1.15. The van der Waals surface area contributed by atoms with Gasteiger partial charge in [-0.1, -0.05) is 0 Å². The SMILES string of the molecule is COc1ccc(N(C(=O)c2ccc(OC)c(OC)c2)C2C=CS(=O)(=O)C2)cc1. The van der Waals surface area contributed by atoms with Crippen LogP contribution in [-0.4, -0.2) is 47.4 Å². The summed E-state index contributed by atoms with van der Waals surface area (Å²) in [7, 11) is 1.20. The molecule has 2 aromatic carbocycles. The van der Waals surface area contributed by atoms with Crippen LogP contribution in [0.4, 0.5) is 5.69 Å². The van der Waals surface area contributed by atoms with Crippen molar-refractivity contribution < 1.29 is 27.4 Å². The normalized spacial score (nSPS) is 17.2. The predicted molar refractivity (Wildman–Crippen MR) is 106 cm³/mol. The molecule has 1 aliphatic heterocycles. The summed E-state index contributed by atoms with van der Waals surface area (Å²) >= 11 is 0. The Balaban J connectivity index is 2.03. The Bertz CT molecular complexity index is 998. The summed E-state index contributed by atoms with van der Waals surface area (Å²) in [6.45, 7) is 0. The molecule has 0 aromatic heterocycles. The molecule has 0 saturated carbocycles. The molecule has 1 amide bonds. The fraction of sp³-hybridized carbons (Fsp3) is 0.250. The molecule has 0 radical (unpaired) electrons. The van der Waals surface area contributed by atoms with Crippen LogP contribution in [0.3, 0.4) is 0 Å². The van der Waals surface area contributed by atoms with Gasteiger partial charge in [0.1, 0.15) is 5.75 Å². The van der Waals surface area contributed by atoms with Crippen molar-refractivity contribution >= 4 is 21.4 Å². The van der Waals surface area contributed by atoms with Crippen LogP contribution in [0.5, 0.6) is 17.2 Å². The van der Waals surface area contributed by atoms with Gasteiger partial charge in [0.15, 0.2) is 21.3 Å². The highest BCUT2D eigenvalue weighted by molar-refractivity contribution is 7.94. The molecule has 28 heavy (non-hydrogen) atoms. The number of hydrogen-bond donors (Lipinski definition) is 0. The van der Waals surface area contributed by atoms with Crippen LogP contribution in [0.1, 0.15) is 10.4 Å². The second-order valence-corrected chi connectivity index (χ2v) is 8.10. The average Bonchev–Trinajstić information content (AvgIpc) is 3.07. The van der Waals surface area contributed by atoms with Gasteiger partial charge in [0.05, 0.1) is 33.1 Å². The monoisotopic (exact) mass is 403 g/mol. The van der Waals surface area contributed by atoms with Crippen LogP contribution in [0.25, 0.3) is 0 Å². The summed E-state index contributed by atoms with van der Waals surface area (Å²) in [5.41, 5.74) is 0.915. The topological polar surface area (TPSA) is 82.1 Å². The number of benzene rings is 2. The van der Waals surface area contributed by atoms with E-state index < -0.39 is 15.9 Å². The van der Waals surface area contributed by atoms with E-state index >= 15 is 0 Å². The molecule has 0 N–H and O–H groups in total. The maximum atomic E-state index is 13.3. The third-order valence-electron chi connectivity index (χ3n) is 4.44. The van der Waals surface area contributed by atoms with Crippen LogP contribution >= 0.6 is 0 Å². The van der Waals surface area contributed by atoms with Crippen LogP contribution < -0.4 is 19.1 Å². The van der Waals surface area contributed by atoms with E-state index in [9.17, 15) is 13.2 Å². The summed E-state index contributed by atoms with van der Waals surface area (Å²) in [5.74, 6) is 1.03. The third-order valence-corrected chi connectivity index (χ3v) is 5.82. The van der Waals surface area contributed by atoms with E-state index in [0.29, 0.717) is 28.5 Å². The lowest BCUT2D eigenvalue weighted by Gasteiger charge is -2.28. The number of carbonyl (C=O) groups is 1. The second-order valence-electron chi connectivity index (χ2n) is 6.17. The van der Waals surface area contributed by atoms with Gasteiger partial charge in [0.25, 0.3) is 5.91 Å². The molecular weight excluding hydrogens is 382 g/mol. The van der Waals surface area contributed by atoms with Gasteiger partial charge in [-0.25, -0.2) is 8.42 Å². The number of rotatable bonds is 6. The highest BCUT2D eigenvalue weighted by Gasteiger charge is 2.32. The fourth-order valence-corrected chi connectivity index (χ4v) is 4.30. The molecule has 0 spiro atoms. The highest BCUT2D eigenvalue weighted by Crippen LogP contribution is 2.31. The molecule has 8 heteroatoms. The molecule has 1 aliphatic rings. The van der Waals surface area contributed by atoms with E-state index in [1.54, 1.807) is 49.6 Å². The maximum absolute atomic E-state index is 13.3. The summed E-state index contributed by atoms with van der Waals surface area (Å²) in [6, 6.07) is 11.1. The Morgan fingerprint density at radius 3 is 2.18 bits per heavy atom. The zero-order valence-electron chi connectivity index (χ0n) is 15.8. The first kappa shape index (κ1) is 19.8. The average molecular weight is 403 g/mol. The van der Waals surface area contributed by atoms with Crippen molar-refractivity contribution in [3.63, 3.8) is 0 Å². The lowest BCUT2D eigenvalue weighted by atomic mass is 10.1. The standard InChI is InChI=1S/C20H21NO6S/c1-25-17-7-5-15(6-8-17)21(16-10-11-28(23,24)13-16)20(22)14-4-9-18(26-2)19(12-14)27-3/h4-12,16H,13H2,1-3H3. The van der Waals surface area contributed by atoms with Gasteiger partial charge in [-0.2, -0.15) is 0 Å². The molecule has 1 unspecified atom stereocenters. The van der Waals surface area contributed by atoms with Crippen molar-refractivity contribution in [3.05, 3.63) is 59.5 Å². The van der Waals surface area contributed by atoms with Gasteiger partial charge in [-0.3, -0.25) is 4.79 Å². The lowest BCUT2D eigenvalue weighted by Crippen LogP contribution is -2.41. The predicted octanol–water partition coefficient (Wildman–Crippen LogP) is 2.67. The van der Waals surface area contributed by atoms with Gasteiger partial charge >= 0.3 is 0 Å². The minimum Gasteiger partial charge on any atom is -0.497 e. The molecule has 0 fully saturated rings. The zero-order chi connectivity index (χ0) is 20.3. The number of hydrogen-bond acceptors (Lipinski definition) is 6. The van der Waals surface area contributed by atoms with Crippen LogP contribution in [0.2, 0.25) is 0 Å². The Hall–Kier alpha value is -3.00. The highest BCUT2D eigenvalue weighted by atomic mass is 32.2. The quantitative estimate of drug-likeness (QED) is 0.738. The summed E-state index contributed by atoms with van der Waals surface area (Å²) in [4.78, 5) is 14.8. The van der Waals surface area contributed by atoms with Crippen molar-refractivity contribution in [2.24, 2.45) is 0 Å². The minimum atomic E-state index is -3.34. The van der Waals surface area contributed by atoms with Crippen LogP contribution in [-0.2, 0) is 9.84 Å². The molecule has 0 aliphatic carbocycles. The Morgan fingerprint density at radius 1 is 0.964 bits per heavy atom. The van der Waals surface area contributed by atoms with Crippen molar-refractivity contribution in [2.45, 2.75) is 6.04 Å². The van der Waals surface area contributed by atoms with E-state index in [1.807, 2.05) is 0 Å². The first-order chi connectivity index (χ1) is 13.4. The van der Waals surface area contributed by atoms with Gasteiger partial charge in [-0.05, 0) is 48.5 Å². The first-order valence-electron chi connectivity index (χ1n) is 8.49. The third kappa shape index (κ3) is 3.96. The molecule has 1 heterocycles. The van der Waals surface area contributed by atoms with E-state index in [1.165, 1.54) is 25.2 Å². The van der Waals surface area contributed by atoms with Crippen molar-refractivity contribution in [1.82, 2.24) is 0 Å². The van der Waals surface area contributed by atoms with E-state index in [-0.39, 0.29) is 11.7 Å². The van der Waals surface area contributed by atoms with Gasteiger partial charge in [-0.15, -0.1) is 0 Å². The van der Waals surface area contributed by atoms with E-state index in [2.05, 4.69) is 0 Å².